The SMILES string of the molecule is CC(CNC(Cl)Cc1ccccc1)NS(=O)(=O)c1ccc2cnccc2c1.Cl.Cl. The lowest BCUT2D eigenvalue weighted by molar-refractivity contribution is 0.526. The maximum absolute atomic E-state index is 12.6. The Hall–Kier alpha value is -1.41. The summed E-state index contributed by atoms with van der Waals surface area (Å²) in [6.07, 6.45) is 4.02. The molecule has 2 atom stereocenters. The normalized spacial score (nSPS) is 13.2. The van der Waals surface area contributed by atoms with E-state index in [1.54, 1.807) is 36.7 Å². The highest BCUT2D eigenvalue weighted by Crippen LogP contribution is 2.18. The molecule has 0 amide bonds. The Morgan fingerprint density at radius 2 is 1.76 bits per heavy atom. The minimum atomic E-state index is -3.61. The predicted octanol–water partition coefficient (Wildman–Crippen LogP) is 4.14. The van der Waals surface area contributed by atoms with Crippen molar-refractivity contribution >= 4 is 57.2 Å². The third-order valence-electron chi connectivity index (χ3n) is 4.18. The summed E-state index contributed by atoms with van der Waals surface area (Å²) in [7, 11) is -3.61. The third kappa shape index (κ3) is 7.41. The number of halogens is 3. The van der Waals surface area contributed by atoms with E-state index >= 15 is 0 Å². The number of sulfonamides is 1. The fourth-order valence-electron chi connectivity index (χ4n) is 2.80. The second-order valence-electron chi connectivity index (χ2n) is 6.47. The van der Waals surface area contributed by atoms with Gasteiger partial charge in [-0.3, -0.25) is 10.3 Å². The van der Waals surface area contributed by atoms with Crippen LogP contribution in [-0.2, 0) is 16.4 Å². The number of benzene rings is 2. The second-order valence-corrected chi connectivity index (χ2v) is 8.71. The van der Waals surface area contributed by atoms with E-state index in [0.717, 1.165) is 16.3 Å². The van der Waals surface area contributed by atoms with Crippen LogP contribution < -0.4 is 10.0 Å². The van der Waals surface area contributed by atoms with E-state index in [9.17, 15) is 8.42 Å². The Labute approximate surface area is 189 Å². The van der Waals surface area contributed by atoms with Crippen molar-refractivity contribution in [2.45, 2.75) is 29.8 Å². The molecule has 2 N–H and O–H groups in total. The highest BCUT2D eigenvalue weighted by Gasteiger charge is 2.18. The third-order valence-corrected chi connectivity index (χ3v) is 6.08. The molecule has 3 aromatic rings. The lowest BCUT2D eigenvalue weighted by Gasteiger charge is -2.18. The van der Waals surface area contributed by atoms with Crippen LogP contribution in [0.4, 0.5) is 0 Å². The van der Waals surface area contributed by atoms with Crippen LogP contribution >= 0.6 is 36.4 Å². The predicted molar refractivity (Wildman–Crippen MR) is 124 cm³/mol. The molecule has 158 valence electrons. The van der Waals surface area contributed by atoms with Crippen LogP contribution in [0.15, 0.2) is 71.9 Å². The number of alkyl halides is 1. The second kappa shape index (κ2) is 11.7. The lowest BCUT2D eigenvalue weighted by Crippen LogP contribution is -2.42. The van der Waals surface area contributed by atoms with Crippen LogP contribution in [0.1, 0.15) is 12.5 Å². The first-order valence-corrected chi connectivity index (χ1v) is 10.6. The van der Waals surface area contributed by atoms with Crippen LogP contribution in [0.25, 0.3) is 10.8 Å². The molecule has 1 heterocycles. The summed E-state index contributed by atoms with van der Waals surface area (Å²) in [6, 6.07) is 16.4. The van der Waals surface area contributed by atoms with Gasteiger partial charge in [-0.05, 0) is 36.1 Å². The van der Waals surface area contributed by atoms with Gasteiger partial charge in [-0.1, -0.05) is 36.4 Å². The zero-order valence-corrected chi connectivity index (χ0v) is 19.0. The summed E-state index contributed by atoms with van der Waals surface area (Å²) in [5.41, 5.74) is 0.858. The number of hydrogen-bond acceptors (Lipinski definition) is 4. The highest BCUT2D eigenvalue weighted by molar-refractivity contribution is 7.89. The van der Waals surface area contributed by atoms with Crippen LogP contribution in [-0.4, -0.2) is 31.5 Å². The highest BCUT2D eigenvalue weighted by atomic mass is 35.5. The molecule has 0 aliphatic heterocycles. The topological polar surface area (TPSA) is 71.1 Å². The van der Waals surface area contributed by atoms with E-state index in [0.29, 0.717) is 13.0 Å². The van der Waals surface area contributed by atoms with Crippen LogP contribution in [0, 0.1) is 0 Å². The molecule has 0 aliphatic rings. The molecule has 3 rings (SSSR count). The molecule has 0 radical (unpaired) electrons. The van der Waals surface area contributed by atoms with E-state index in [2.05, 4.69) is 15.0 Å². The molecule has 0 saturated carbocycles. The first-order valence-electron chi connectivity index (χ1n) is 8.71. The Morgan fingerprint density at radius 1 is 1.03 bits per heavy atom. The maximum Gasteiger partial charge on any atom is 0.240 e. The smallest absolute Gasteiger partial charge is 0.240 e. The van der Waals surface area contributed by atoms with Crippen molar-refractivity contribution in [1.82, 2.24) is 15.0 Å². The number of fused-ring (bicyclic) bond motifs is 1. The minimum Gasteiger partial charge on any atom is -0.299 e. The largest absolute Gasteiger partial charge is 0.299 e. The molecule has 0 saturated heterocycles. The lowest BCUT2D eigenvalue weighted by atomic mass is 10.1. The van der Waals surface area contributed by atoms with Gasteiger partial charge < -0.3 is 0 Å². The summed E-state index contributed by atoms with van der Waals surface area (Å²) in [5, 5.41) is 4.90. The number of hydrogen-bond donors (Lipinski definition) is 2. The van der Waals surface area contributed by atoms with E-state index in [-0.39, 0.29) is 41.3 Å². The van der Waals surface area contributed by atoms with Crippen molar-refractivity contribution in [3.05, 3.63) is 72.6 Å². The van der Waals surface area contributed by atoms with Gasteiger partial charge in [0.05, 0.1) is 10.4 Å². The van der Waals surface area contributed by atoms with Crippen LogP contribution in [0.2, 0.25) is 0 Å². The van der Waals surface area contributed by atoms with Crippen molar-refractivity contribution in [2.24, 2.45) is 0 Å². The van der Waals surface area contributed by atoms with Gasteiger partial charge in [0.15, 0.2) is 0 Å². The average Bonchev–Trinajstić information content (AvgIpc) is 2.66. The van der Waals surface area contributed by atoms with E-state index in [4.69, 9.17) is 11.6 Å². The molecule has 1 aromatic heterocycles. The summed E-state index contributed by atoms with van der Waals surface area (Å²) >= 11 is 6.32. The van der Waals surface area contributed by atoms with Gasteiger partial charge >= 0.3 is 0 Å². The zero-order valence-electron chi connectivity index (χ0n) is 15.8. The first-order chi connectivity index (χ1) is 12.9. The van der Waals surface area contributed by atoms with E-state index in [1.165, 1.54) is 0 Å². The Morgan fingerprint density at radius 3 is 2.48 bits per heavy atom. The van der Waals surface area contributed by atoms with Gasteiger partial charge in [-0.2, -0.15) is 0 Å². The van der Waals surface area contributed by atoms with Gasteiger partial charge in [0, 0.05) is 36.8 Å². The van der Waals surface area contributed by atoms with Gasteiger partial charge in [0.25, 0.3) is 0 Å². The number of aromatic nitrogens is 1. The van der Waals surface area contributed by atoms with Crippen molar-refractivity contribution in [3.63, 3.8) is 0 Å². The summed E-state index contributed by atoms with van der Waals surface area (Å²) in [5.74, 6) is 0. The van der Waals surface area contributed by atoms with Crippen molar-refractivity contribution in [3.8, 4) is 0 Å². The van der Waals surface area contributed by atoms with Crippen molar-refractivity contribution in [2.75, 3.05) is 6.54 Å². The number of nitrogens with one attached hydrogen (secondary N) is 2. The van der Waals surface area contributed by atoms with Gasteiger partial charge in [-0.25, -0.2) is 13.1 Å². The molecular weight excluding hydrogens is 453 g/mol. The molecule has 29 heavy (non-hydrogen) atoms. The standard InChI is InChI=1S/C20H22ClN3O2S.2ClH/c1-15(13-23-20(21)11-16-5-3-2-4-6-16)24-27(25,26)19-8-7-18-14-22-10-9-17(18)12-19;;/h2-10,12,14-15,20,23-24H,11,13H2,1H3;2*1H. The monoisotopic (exact) mass is 475 g/mol. The quantitative estimate of drug-likeness (QED) is 0.378. The van der Waals surface area contributed by atoms with Crippen molar-refractivity contribution in [1.29, 1.82) is 0 Å². The molecule has 2 aromatic carbocycles. The summed E-state index contributed by atoms with van der Waals surface area (Å²) < 4.78 is 28.0. The molecule has 9 heteroatoms. The van der Waals surface area contributed by atoms with Gasteiger partial charge in [0.2, 0.25) is 10.0 Å². The molecule has 0 fully saturated rings. The minimum absolute atomic E-state index is 0. The molecule has 2 unspecified atom stereocenters. The Kier molecular flexibility index (Phi) is 10.3. The molecule has 0 spiro atoms. The molecule has 0 aliphatic carbocycles. The molecular formula is C20H24Cl3N3O2S. The van der Waals surface area contributed by atoms with Crippen molar-refractivity contribution < 1.29 is 8.42 Å². The zero-order chi connectivity index (χ0) is 19.3. The Balaban J connectivity index is 0.00000210. The van der Waals surface area contributed by atoms with Crippen LogP contribution in [0.3, 0.4) is 0 Å². The fourth-order valence-corrected chi connectivity index (χ4v) is 4.35. The fraction of sp³-hybridized carbons (Fsp3) is 0.250. The van der Waals surface area contributed by atoms with E-state index < -0.39 is 10.0 Å². The van der Waals surface area contributed by atoms with E-state index in [1.807, 2.05) is 37.3 Å². The summed E-state index contributed by atoms with van der Waals surface area (Å²) in [6.45, 7) is 2.24. The van der Waals surface area contributed by atoms with Gasteiger partial charge in [-0.15, -0.1) is 36.4 Å². The van der Waals surface area contributed by atoms with Crippen LogP contribution in [0.5, 0.6) is 0 Å². The first kappa shape index (κ1) is 25.6. The number of nitrogens with zero attached hydrogens (tertiary/aromatic N) is 1. The maximum atomic E-state index is 12.6. The molecule has 0 bridgehead atoms. The van der Waals surface area contributed by atoms with Gasteiger partial charge in [0.1, 0.15) is 0 Å². The number of pyridine rings is 1. The summed E-state index contributed by atoms with van der Waals surface area (Å²) in [4.78, 5) is 4.27. The Bertz CT molecular complexity index is 1000. The molecule has 5 nitrogen and oxygen atoms in total. The average molecular weight is 477 g/mol. The number of rotatable bonds is 8.